The van der Waals surface area contributed by atoms with Crippen molar-refractivity contribution in [1.82, 2.24) is 0 Å². The number of benzene rings is 2. The second-order valence-electron chi connectivity index (χ2n) is 3.21. The van der Waals surface area contributed by atoms with Crippen LogP contribution >= 0.6 is 11.9 Å². The Hall–Kier alpha value is -1.30. The summed E-state index contributed by atoms with van der Waals surface area (Å²) in [4.78, 5) is 0.876. The Balaban J connectivity index is 2.23. The fourth-order valence-corrected chi connectivity index (χ4v) is 2.79. The van der Waals surface area contributed by atoms with Crippen LogP contribution in [0.5, 0.6) is 0 Å². The highest BCUT2D eigenvalue weighted by atomic mass is 32.3. The molecule has 2 rings (SSSR count). The summed E-state index contributed by atoms with van der Waals surface area (Å²) in [5.41, 5.74) is 0.634. The zero-order valence-electron chi connectivity index (χ0n) is 8.85. The summed E-state index contributed by atoms with van der Waals surface area (Å²) in [6.07, 6.45) is 0. The van der Waals surface area contributed by atoms with Gasteiger partial charge in [0.05, 0.1) is 17.0 Å². The number of hydrogen-bond donors (Lipinski definition) is 0. The largest absolute Gasteiger partial charge is 0.754 e. The third-order valence-corrected chi connectivity index (χ3v) is 3.96. The van der Waals surface area contributed by atoms with Crippen LogP contribution in [0.15, 0.2) is 65.6 Å². The summed E-state index contributed by atoms with van der Waals surface area (Å²) >= 11 is -1.14. The van der Waals surface area contributed by atoms with E-state index in [-0.39, 0.29) is 0 Å². The van der Waals surface area contributed by atoms with Gasteiger partial charge in [-0.1, -0.05) is 36.4 Å². The third kappa shape index (κ3) is 3.33. The van der Waals surface area contributed by atoms with Crippen LogP contribution in [0.25, 0.3) is 0 Å². The van der Waals surface area contributed by atoms with Gasteiger partial charge in [-0.15, -0.1) is 0 Å². The van der Waals surface area contributed by atoms with Crippen LogP contribution in [0.3, 0.4) is 0 Å². The van der Waals surface area contributed by atoms with Gasteiger partial charge < -0.3 is 4.55 Å². The van der Waals surface area contributed by atoms with Gasteiger partial charge in [-0.3, -0.25) is 4.21 Å². The molecule has 0 aliphatic heterocycles. The van der Waals surface area contributed by atoms with Gasteiger partial charge in [0.1, 0.15) is 0 Å². The Labute approximate surface area is 107 Å². The number of anilines is 1. The molecule has 0 spiro atoms. The van der Waals surface area contributed by atoms with Crippen LogP contribution in [-0.4, -0.2) is 8.76 Å². The van der Waals surface area contributed by atoms with E-state index in [0.717, 1.165) is 4.90 Å². The first-order chi connectivity index (χ1) is 8.27. The average molecular weight is 264 g/mol. The molecular weight excluding hydrogens is 254 g/mol. The van der Waals surface area contributed by atoms with Crippen LogP contribution in [0, 0.1) is 0 Å². The van der Waals surface area contributed by atoms with Crippen molar-refractivity contribution in [3.63, 3.8) is 0 Å². The molecule has 0 amide bonds. The molecule has 0 aromatic heterocycles. The molecular formula is C12H10NO2S2-. The maximum atomic E-state index is 11.2. The fourth-order valence-electron chi connectivity index (χ4n) is 1.30. The van der Waals surface area contributed by atoms with E-state index in [1.165, 1.54) is 15.7 Å². The van der Waals surface area contributed by atoms with Crippen molar-refractivity contribution in [3.8, 4) is 0 Å². The van der Waals surface area contributed by atoms with E-state index >= 15 is 0 Å². The van der Waals surface area contributed by atoms with Crippen LogP contribution in [-0.2, 0) is 11.3 Å². The van der Waals surface area contributed by atoms with Crippen molar-refractivity contribution in [3.05, 3.63) is 60.7 Å². The van der Waals surface area contributed by atoms with Crippen molar-refractivity contribution in [2.75, 3.05) is 3.71 Å². The Morgan fingerprint density at radius 2 is 1.47 bits per heavy atom. The minimum atomic E-state index is -2.31. The van der Waals surface area contributed by atoms with E-state index in [2.05, 4.69) is 0 Å². The maximum absolute atomic E-state index is 11.2. The Morgan fingerprint density at radius 1 is 0.941 bits per heavy atom. The van der Waals surface area contributed by atoms with Gasteiger partial charge in [-0.2, -0.15) is 0 Å². The number of hydrogen-bond acceptors (Lipinski definition) is 3. The summed E-state index contributed by atoms with van der Waals surface area (Å²) < 4.78 is 23.7. The first-order valence-electron chi connectivity index (χ1n) is 4.95. The summed E-state index contributed by atoms with van der Waals surface area (Å²) in [7, 11) is 0. The lowest BCUT2D eigenvalue weighted by Crippen LogP contribution is -2.16. The summed E-state index contributed by atoms with van der Waals surface area (Å²) in [6, 6.07) is 18.4. The quantitative estimate of drug-likeness (QED) is 0.630. The van der Waals surface area contributed by atoms with Crippen molar-refractivity contribution >= 4 is 28.9 Å². The molecule has 0 bridgehead atoms. The van der Waals surface area contributed by atoms with Crippen molar-refractivity contribution in [2.24, 2.45) is 0 Å². The predicted octanol–water partition coefficient (Wildman–Crippen LogP) is 2.99. The normalized spacial score (nSPS) is 12.1. The van der Waals surface area contributed by atoms with E-state index in [1.807, 2.05) is 36.4 Å². The monoisotopic (exact) mass is 264 g/mol. The highest BCUT2D eigenvalue weighted by Gasteiger charge is 2.08. The van der Waals surface area contributed by atoms with Gasteiger partial charge >= 0.3 is 0 Å². The van der Waals surface area contributed by atoms with Crippen molar-refractivity contribution < 1.29 is 8.76 Å². The Morgan fingerprint density at radius 3 is 2.00 bits per heavy atom. The number of nitrogens with zero attached hydrogens (tertiary/aromatic N) is 1. The zero-order valence-corrected chi connectivity index (χ0v) is 10.5. The lowest BCUT2D eigenvalue weighted by atomic mass is 10.3. The molecule has 0 aliphatic rings. The molecule has 0 radical (unpaired) electrons. The third-order valence-electron chi connectivity index (χ3n) is 2.03. The zero-order chi connectivity index (χ0) is 12.1. The van der Waals surface area contributed by atoms with Crippen molar-refractivity contribution in [2.45, 2.75) is 4.90 Å². The van der Waals surface area contributed by atoms with Crippen LogP contribution in [0.2, 0.25) is 0 Å². The molecule has 0 N–H and O–H groups in total. The van der Waals surface area contributed by atoms with Crippen LogP contribution in [0.4, 0.5) is 5.69 Å². The molecule has 2 aromatic carbocycles. The van der Waals surface area contributed by atoms with Gasteiger partial charge in [0, 0.05) is 4.90 Å². The molecule has 2 aromatic rings. The molecule has 88 valence electrons. The molecule has 17 heavy (non-hydrogen) atoms. The van der Waals surface area contributed by atoms with Crippen LogP contribution in [0.1, 0.15) is 0 Å². The fraction of sp³-hybridized carbons (Fsp3) is 0. The molecule has 1 atom stereocenters. The van der Waals surface area contributed by atoms with Crippen molar-refractivity contribution in [1.29, 1.82) is 0 Å². The molecule has 3 nitrogen and oxygen atoms in total. The maximum Gasteiger partial charge on any atom is 0.0611 e. The van der Waals surface area contributed by atoms with E-state index in [4.69, 9.17) is 0 Å². The van der Waals surface area contributed by atoms with Gasteiger partial charge in [0.2, 0.25) is 0 Å². The molecule has 1 unspecified atom stereocenters. The number of para-hydroxylation sites is 1. The van der Waals surface area contributed by atoms with Gasteiger partial charge in [0.15, 0.2) is 0 Å². The molecule has 0 saturated carbocycles. The minimum absolute atomic E-state index is 0.634. The highest BCUT2D eigenvalue weighted by molar-refractivity contribution is 8.11. The van der Waals surface area contributed by atoms with Gasteiger partial charge in [-0.05, 0) is 36.2 Å². The Kier molecular flexibility index (Phi) is 4.19. The summed E-state index contributed by atoms with van der Waals surface area (Å²) in [6.45, 7) is 0. The molecule has 0 saturated heterocycles. The molecule has 5 heteroatoms. The Bertz CT molecular complexity index is 490. The lowest BCUT2D eigenvalue weighted by Gasteiger charge is -2.24. The van der Waals surface area contributed by atoms with Crippen LogP contribution < -0.4 is 3.71 Å². The molecule has 0 aliphatic carbocycles. The summed E-state index contributed by atoms with van der Waals surface area (Å²) in [5, 5.41) is 0. The topological polar surface area (TPSA) is 43.4 Å². The van der Waals surface area contributed by atoms with E-state index in [9.17, 15) is 8.76 Å². The highest BCUT2D eigenvalue weighted by Crippen LogP contribution is 2.29. The standard InChI is InChI=1S/C12H11NO2S2/c14-17(15)13(11-7-3-1-4-8-11)16-12-9-5-2-6-10-12/h1-10H,(H,14,15)/p-1. The predicted molar refractivity (Wildman–Crippen MR) is 70.1 cm³/mol. The summed E-state index contributed by atoms with van der Waals surface area (Å²) in [5.74, 6) is 0. The smallest absolute Gasteiger partial charge is 0.0611 e. The minimum Gasteiger partial charge on any atom is -0.754 e. The lowest BCUT2D eigenvalue weighted by molar-refractivity contribution is 0.539. The molecule has 0 fully saturated rings. The first kappa shape index (κ1) is 12.2. The van der Waals surface area contributed by atoms with E-state index in [1.54, 1.807) is 24.3 Å². The second kappa shape index (κ2) is 5.86. The van der Waals surface area contributed by atoms with Gasteiger partial charge in [-0.25, -0.2) is 3.71 Å². The number of rotatable bonds is 4. The van der Waals surface area contributed by atoms with E-state index in [0.29, 0.717) is 5.69 Å². The second-order valence-corrected chi connectivity index (χ2v) is 5.26. The SMILES string of the molecule is O=S([O-])N(Sc1ccccc1)c1ccccc1. The van der Waals surface area contributed by atoms with Gasteiger partial charge in [0.25, 0.3) is 0 Å². The van der Waals surface area contributed by atoms with E-state index < -0.39 is 11.3 Å². The molecule has 0 heterocycles. The first-order valence-corrected chi connectivity index (χ1v) is 6.75. The average Bonchev–Trinajstić information content (AvgIpc) is 2.38.